The Hall–Kier alpha value is -2.04. The molecule has 0 fully saturated rings. The molecule has 0 bridgehead atoms. The highest BCUT2D eigenvalue weighted by Gasteiger charge is 2.39. The molecule has 0 heterocycles. The zero-order valence-electron chi connectivity index (χ0n) is 13.0. The van der Waals surface area contributed by atoms with E-state index in [1.807, 2.05) is 24.3 Å². The van der Waals surface area contributed by atoms with Gasteiger partial charge in [0.25, 0.3) is 0 Å². The minimum absolute atomic E-state index is 0.225. The van der Waals surface area contributed by atoms with Gasteiger partial charge in [0.05, 0.1) is 7.11 Å². The Morgan fingerprint density at radius 3 is 2.24 bits per heavy atom. The molecule has 1 N–H and O–H groups in total. The van der Waals surface area contributed by atoms with Crippen LogP contribution in [0.4, 0.5) is 0 Å². The van der Waals surface area contributed by atoms with E-state index in [0.717, 1.165) is 11.3 Å². The molecule has 1 aromatic rings. The number of amides is 1. The number of aliphatic carboxylic acids is 1. The van der Waals surface area contributed by atoms with Gasteiger partial charge in [0, 0.05) is 13.5 Å². The number of benzene rings is 1. The van der Waals surface area contributed by atoms with Crippen molar-refractivity contribution in [1.82, 2.24) is 4.90 Å². The molecular weight excluding hydrogens is 270 g/mol. The lowest BCUT2D eigenvalue weighted by Crippen LogP contribution is -2.54. The van der Waals surface area contributed by atoms with Crippen LogP contribution in [-0.4, -0.2) is 41.1 Å². The van der Waals surface area contributed by atoms with Gasteiger partial charge in [-0.05, 0) is 44.4 Å². The summed E-state index contributed by atoms with van der Waals surface area (Å²) >= 11 is 0. The van der Waals surface area contributed by atoms with E-state index in [4.69, 9.17) is 4.74 Å². The monoisotopic (exact) mass is 293 g/mol. The summed E-state index contributed by atoms with van der Waals surface area (Å²) in [6, 6.07) is 7.50. The largest absolute Gasteiger partial charge is 0.497 e. The van der Waals surface area contributed by atoms with E-state index in [-0.39, 0.29) is 5.91 Å². The molecule has 0 saturated carbocycles. The molecule has 1 atom stereocenters. The maximum absolute atomic E-state index is 11.7. The zero-order chi connectivity index (χ0) is 16.0. The SMILES string of the molecule is CCN(C(C)=O)C(C)(CCc1ccc(OC)cc1)C(=O)O. The average Bonchev–Trinajstić information content (AvgIpc) is 2.45. The predicted octanol–water partition coefficient (Wildman–Crippen LogP) is 2.34. The summed E-state index contributed by atoms with van der Waals surface area (Å²) in [5, 5.41) is 9.53. The number of carboxylic acids is 1. The summed E-state index contributed by atoms with van der Waals surface area (Å²) in [7, 11) is 1.60. The molecule has 0 aromatic heterocycles. The summed E-state index contributed by atoms with van der Waals surface area (Å²) in [5.41, 5.74) is -0.177. The number of carbonyl (C=O) groups is 2. The van der Waals surface area contributed by atoms with Crippen molar-refractivity contribution >= 4 is 11.9 Å². The fraction of sp³-hybridized carbons (Fsp3) is 0.500. The molecule has 1 aromatic carbocycles. The van der Waals surface area contributed by atoms with Gasteiger partial charge in [-0.15, -0.1) is 0 Å². The second kappa shape index (κ2) is 7.11. The topological polar surface area (TPSA) is 66.8 Å². The van der Waals surface area contributed by atoms with E-state index < -0.39 is 11.5 Å². The minimum atomic E-state index is -1.19. The number of carboxylic acid groups (broad SMARTS) is 1. The first-order chi connectivity index (χ1) is 9.85. The molecule has 21 heavy (non-hydrogen) atoms. The molecule has 1 unspecified atom stereocenters. The normalized spacial score (nSPS) is 13.3. The third-order valence-corrected chi connectivity index (χ3v) is 3.81. The van der Waals surface area contributed by atoms with E-state index in [9.17, 15) is 14.7 Å². The Kier molecular flexibility index (Phi) is 5.76. The number of methoxy groups -OCH3 is 1. The molecule has 5 heteroatoms. The predicted molar refractivity (Wildman–Crippen MR) is 80.4 cm³/mol. The number of carbonyl (C=O) groups excluding carboxylic acids is 1. The molecular formula is C16H23NO4. The molecule has 1 rings (SSSR count). The van der Waals surface area contributed by atoms with E-state index >= 15 is 0 Å². The van der Waals surface area contributed by atoms with Gasteiger partial charge in [0.15, 0.2) is 0 Å². The van der Waals surface area contributed by atoms with E-state index in [1.165, 1.54) is 11.8 Å². The molecule has 116 valence electrons. The third-order valence-electron chi connectivity index (χ3n) is 3.81. The summed E-state index contributed by atoms with van der Waals surface area (Å²) < 4.78 is 5.09. The number of hydrogen-bond acceptors (Lipinski definition) is 3. The van der Waals surface area contributed by atoms with E-state index in [0.29, 0.717) is 19.4 Å². The fourth-order valence-electron chi connectivity index (χ4n) is 2.46. The second-order valence-electron chi connectivity index (χ2n) is 5.19. The van der Waals surface area contributed by atoms with E-state index in [2.05, 4.69) is 0 Å². The van der Waals surface area contributed by atoms with Crippen LogP contribution < -0.4 is 4.74 Å². The van der Waals surface area contributed by atoms with Crippen LogP contribution in [0.1, 0.15) is 32.8 Å². The molecule has 1 amide bonds. The van der Waals surface area contributed by atoms with Gasteiger partial charge in [0.1, 0.15) is 11.3 Å². The van der Waals surface area contributed by atoms with Crippen LogP contribution in [0.5, 0.6) is 5.75 Å². The molecule has 5 nitrogen and oxygen atoms in total. The average molecular weight is 293 g/mol. The van der Waals surface area contributed by atoms with E-state index in [1.54, 1.807) is 21.0 Å². The quantitative estimate of drug-likeness (QED) is 0.838. The van der Waals surface area contributed by atoms with Crippen molar-refractivity contribution in [3.8, 4) is 5.75 Å². The van der Waals surface area contributed by atoms with Crippen LogP contribution in [0.2, 0.25) is 0 Å². The van der Waals surface area contributed by atoms with Crippen LogP contribution in [0, 0.1) is 0 Å². The Morgan fingerprint density at radius 2 is 1.86 bits per heavy atom. The van der Waals surface area contributed by atoms with Crippen LogP contribution in [0.25, 0.3) is 0 Å². The van der Waals surface area contributed by atoms with Crippen molar-refractivity contribution in [3.63, 3.8) is 0 Å². The molecule has 0 aliphatic rings. The van der Waals surface area contributed by atoms with Gasteiger partial charge in [-0.25, -0.2) is 4.79 Å². The lowest BCUT2D eigenvalue weighted by Gasteiger charge is -2.36. The Morgan fingerprint density at radius 1 is 1.29 bits per heavy atom. The van der Waals surface area contributed by atoms with Crippen molar-refractivity contribution in [2.45, 2.75) is 39.2 Å². The number of hydrogen-bond donors (Lipinski definition) is 1. The maximum atomic E-state index is 11.7. The molecule has 0 spiro atoms. The zero-order valence-corrected chi connectivity index (χ0v) is 13.0. The summed E-state index contributed by atoms with van der Waals surface area (Å²) in [4.78, 5) is 24.7. The van der Waals surface area contributed by atoms with Gasteiger partial charge >= 0.3 is 5.97 Å². The molecule has 0 radical (unpaired) electrons. The number of nitrogens with zero attached hydrogens (tertiary/aromatic N) is 1. The third kappa shape index (κ3) is 3.97. The summed E-state index contributed by atoms with van der Waals surface area (Å²) in [5.74, 6) is -0.441. The Bertz CT molecular complexity index is 498. The van der Waals surface area contributed by atoms with Gasteiger partial charge in [-0.1, -0.05) is 12.1 Å². The first-order valence-electron chi connectivity index (χ1n) is 6.99. The number of rotatable bonds is 7. The van der Waals surface area contributed by atoms with Crippen molar-refractivity contribution < 1.29 is 19.4 Å². The summed E-state index contributed by atoms with van der Waals surface area (Å²) in [6.07, 6.45) is 0.943. The van der Waals surface area contributed by atoms with Gasteiger partial charge in [0.2, 0.25) is 5.91 Å². The molecule has 0 aliphatic carbocycles. The van der Waals surface area contributed by atoms with Crippen molar-refractivity contribution in [1.29, 1.82) is 0 Å². The van der Waals surface area contributed by atoms with Gasteiger partial charge in [-0.2, -0.15) is 0 Å². The van der Waals surface area contributed by atoms with Gasteiger partial charge < -0.3 is 14.7 Å². The van der Waals surface area contributed by atoms with Gasteiger partial charge in [-0.3, -0.25) is 4.79 Å². The smallest absolute Gasteiger partial charge is 0.329 e. The number of aryl methyl sites for hydroxylation is 1. The number of ether oxygens (including phenoxy) is 1. The fourth-order valence-corrected chi connectivity index (χ4v) is 2.46. The summed E-state index contributed by atoms with van der Waals surface area (Å²) in [6.45, 7) is 5.17. The van der Waals surface area contributed by atoms with Crippen LogP contribution >= 0.6 is 0 Å². The highest BCUT2D eigenvalue weighted by molar-refractivity contribution is 5.85. The highest BCUT2D eigenvalue weighted by Crippen LogP contribution is 2.23. The first-order valence-corrected chi connectivity index (χ1v) is 6.99. The Labute approximate surface area is 125 Å². The highest BCUT2D eigenvalue weighted by atomic mass is 16.5. The second-order valence-corrected chi connectivity index (χ2v) is 5.19. The first kappa shape index (κ1) is 17.0. The maximum Gasteiger partial charge on any atom is 0.329 e. The number of likely N-dealkylation sites (N-methyl/N-ethyl adjacent to an activating group) is 1. The van der Waals surface area contributed by atoms with Crippen molar-refractivity contribution in [2.75, 3.05) is 13.7 Å². The minimum Gasteiger partial charge on any atom is -0.497 e. The molecule has 0 aliphatic heterocycles. The molecule has 0 saturated heterocycles. The van der Waals surface area contributed by atoms with Crippen LogP contribution in [-0.2, 0) is 16.0 Å². The van der Waals surface area contributed by atoms with Crippen molar-refractivity contribution in [3.05, 3.63) is 29.8 Å². The Balaban J connectivity index is 2.87. The van der Waals surface area contributed by atoms with Crippen LogP contribution in [0.15, 0.2) is 24.3 Å². The van der Waals surface area contributed by atoms with Crippen LogP contribution in [0.3, 0.4) is 0 Å². The van der Waals surface area contributed by atoms with Crippen molar-refractivity contribution in [2.24, 2.45) is 0 Å². The standard InChI is InChI=1S/C16H23NO4/c1-5-17(12(2)18)16(3,15(19)20)11-10-13-6-8-14(21-4)9-7-13/h6-9H,5,10-11H2,1-4H3,(H,19,20). The lowest BCUT2D eigenvalue weighted by molar-refractivity contribution is -0.157. The lowest BCUT2D eigenvalue weighted by atomic mass is 9.91.